The molecule has 0 saturated carbocycles. The first-order chi connectivity index (χ1) is 8.83. The number of benzene rings is 1. The molecule has 0 unspecified atom stereocenters. The highest BCUT2D eigenvalue weighted by Crippen LogP contribution is 2.14. The van der Waals surface area contributed by atoms with Crippen LogP contribution >= 0.6 is 0 Å². The van der Waals surface area contributed by atoms with Crippen LogP contribution in [0.2, 0.25) is 0 Å². The highest BCUT2D eigenvalue weighted by Gasteiger charge is 2.01. The maximum absolute atomic E-state index is 8.58. The lowest BCUT2D eigenvalue weighted by atomic mass is 10.2. The first-order valence-corrected chi connectivity index (χ1v) is 5.91. The molecule has 0 N–H and O–H groups in total. The molecule has 0 spiro atoms. The van der Waals surface area contributed by atoms with E-state index < -0.39 is 0 Å². The average Bonchev–Trinajstić information content (AvgIpc) is 2.86. The number of aryl methyl sites for hydroxylation is 1. The molecule has 0 amide bonds. The average molecular weight is 241 g/mol. The van der Waals surface area contributed by atoms with Crippen molar-refractivity contribution in [1.29, 1.82) is 5.26 Å². The molecule has 4 heteroatoms. The molecule has 0 aliphatic carbocycles. The molecule has 18 heavy (non-hydrogen) atoms. The Hall–Kier alpha value is -2.28. The molecule has 0 bridgehead atoms. The molecule has 0 saturated heterocycles. The highest BCUT2D eigenvalue weighted by atomic mass is 16.5. The summed E-state index contributed by atoms with van der Waals surface area (Å²) in [7, 11) is 0. The summed E-state index contributed by atoms with van der Waals surface area (Å²) in [6, 6.07) is 9.72. The van der Waals surface area contributed by atoms with Crippen LogP contribution in [-0.2, 0) is 19.6 Å². The third kappa shape index (κ3) is 2.89. The lowest BCUT2D eigenvalue weighted by Gasteiger charge is -2.08. The minimum atomic E-state index is 0.433. The van der Waals surface area contributed by atoms with E-state index in [1.807, 2.05) is 35.0 Å². The summed E-state index contributed by atoms with van der Waals surface area (Å²) in [5.74, 6) is 0.806. The zero-order valence-electron chi connectivity index (χ0n) is 10.3. The summed E-state index contributed by atoms with van der Waals surface area (Å²) >= 11 is 0. The molecule has 0 aliphatic rings. The van der Waals surface area contributed by atoms with Crippen molar-refractivity contribution in [2.24, 2.45) is 0 Å². The predicted molar refractivity (Wildman–Crippen MR) is 68.0 cm³/mol. The van der Waals surface area contributed by atoms with Crippen molar-refractivity contribution >= 4 is 0 Å². The number of ether oxygens (including phenoxy) is 1. The molecule has 4 nitrogen and oxygen atoms in total. The third-order valence-electron chi connectivity index (χ3n) is 2.73. The predicted octanol–water partition coefficient (Wildman–Crippen LogP) is 2.55. The summed E-state index contributed by atoms with van der Waals surface area (Å²) < 4.78 is 7.73. The van der Waals surface area contributed by atoms with E-state index in [2.05, 4.69) is 18.0 Å². The molecule has 0 fully saturated rings. The van der Waals surface area contributed by atoms with Crippen LogP contribution in [0.5, 0.6) is 5.75 Å². The Labute approximate surface area is 106 Å². The summed E-state index contributed by atoms with van der Waals surface area (Å²) in [6.45, 7) is 3.47. The summed E-state index contributed by atoms with van der Waals surface area (Å²) in [4.78, 5) is 4.09. The maximum atomic E-state index is 8.58. The van der Waals surface area contributed by atoms with Crippen molar-refractivity contribution in [3.63, 3.8) is 0 Å². The van der Waals surface area contributed by atoms with Crippen LogP contribution in [-0.4, -0.2) is 9.55 Å². The smallest absolute Gasteiger partial charge is 0.130 e. The van der Waals surface area contributed by atoms with Crippen LogP contribution in [0.4, 0.5) is 0 Å². The second-order valence-corrected chi connectivity index (χ2v) is 3.94. The summed E-state index contributed by atoms with van der Waals surface area (Å²) in [6.07, 6.45) is 4.05. The van der Waals surface area contributed by atoms with Crippen LogP contribution < -0.4 is 4.74 Å². The van der Waals surface area contributed by atoms with E-state index in [1.165, 1.54) is 0 Å². The number of hydrogen-bond donors (Lipinski definition) is 0. The maximum Gasteiger partial charge on any atom is 0.130 e. The monoisotopic (exact) mass is 241 g/mol. The van der Waals surface area contributed by atoms with Crippen molar-refractivity contribution in [1.82, 2.24) is 9.55 Å². The van der Waals surface area contributed by atoms with Gasteiger partial charge in [-0.15, -0.1) is 0 Å². The van der Waals surface area contributed by atoms with E-state index >= 15 is 0 Å². The van der Waals surface area contributed by atoms with Crippen LogP contribution in [0.15, 0.2) is 36.8 Å². The lowest BCUT2D eigenvalue weighted by Crippen LogP contribution is -2.03. The van der Waals surface area contributed by atoms with Gasteiger partial charge < -0.3 is 9.30 Å². The van der Waals surface area contributed by atoms with E-state index in [0.29, 0.717) is 13.0 Å². The number of hydrogen-bond acceptors (Lipinski definition) is 3. The van der Waals surface area contributed by atoms with Gasteiger partial charge in [0, 0.05) is 6.54 Å². The molecule has 2 aromatic rings. The van der Waals surface area contributed by atoms with Gasteiger partial charge in [-0.25, -0.2) is 4.98 Å². The highest BCUT2D eigenvalue weighted by molar-refractivity contribution is 5.28. The van der Waals surface area contributed by atoms with Crippen molar-refractivity contribution in [3.8, 4) is 11.8 Å². The third-order valence-corrected chi connectivity index (χ3v) is 2.73. The van der Waals surface area contributed by atoms with Gasteiger partial charge in [-0.1, -0.05) is 12.1 Å². The fourth-order valence-electron chi connectivity index (χ4n) is 1.71. The molecule has 1 heterocycles. The van der Waals surface area contributed by atoms with Crippen molar-refractivity contribution in [2.45, 2.75) is 26.5 Å². The van der Waals surface area contributed by atoms with E-state index in [4.69, 9.17) is 10.00 Å². The quantitative estimate of drug-likeness (QED) is 0.808. The van der Waals surface area contributed by atoms with Gasteiger partial charge in [0.2, 0.25) is 0 Å². The van der Waals surface area contributed by atoms with Gasteiger partial charge in [0.25, 0.3) is 0 Å². The minimum Gasteiger partial charge on any atom is -0.487 e. The number of imidazole rings is 1. The van der Waals surface area contributed by atoms with E-state index in [0.717, 1.165) is 23.6 Å². The SMILES string of the molecule is CCn1cncc1COc1ccc(CC#N)cc1. The second kappa shape index (κ2) is 5.87. The molecular formula is C14H15N3O. The first kappa shape index (κ1) is 12.2. The van der Waals surface area contributed by atoms with Crippen LogP contribution in [0.1, 0.15) is 18.2 Å². The minimum absolute atomic E-state index is 0.433. The Bertz CT molecular complexity index is 537. The lowest BCUT2D eigenvalue weighted by molar-refractivity contribution is 0.295. The van der Waals surface area contributed by atoms with Gasteiger partial charge in [0.05, 0.1) is 30.7 Å². The molecule has 2 rings (SSSR count). The zero-order chi connectivity index (χ0) is 12.8. The molecule has 1 aromatic heterocycles. The van der Waals surface area contributed by atoms with Crippen molar-refractivity contribution < 1.29 is 4.74 Å². The first-order valence-electron chi connectivity index (χ1n) is 5.91. The zero-order valence-corrected chi connectivity index (χ0v) is 10.3. The van der Waals surface area contributed by atoms with Crippen molar-refractivity contribution in [3.05, 3.63) is 48.0 Å². The Balaban J connectivity index is 1.96. The van der Waals surface area contributed by atoms with E-state index in [-0.39, 0.29) is 0 Å². The Morgan fingerprint density at radius 2 is 2.11 bits per heavy atom. The van der Waals surface area contributed by atoms with Crippen LogP contribution in [0, 0.1) is 11.3 Å². The molecule has 0 atom stereocenters. The largest absolute Gasteiger partial charge is 0.487 e. The second-order valence-electron chi connectivity index (χ2n) is 3.94. The molecule has 92 valence electrons. The van der Waals surface area contributed by atoms with E-state index in [1.54, 1.807) is 6.33 Å². The normalized spacial score (nSPS) is 10.0. The molecule has 0 radical (unpaired) electrons. The van der Waals surface area contributed by atoms with Gasteiger partial charge in [0.1, 0.15) is 12.4 Å². The van der Waals surface area contributed by atoms with Crippen LogP contribution in [0.3, 0.4) is 0 Å². The van der Waals surface area contributed by atoms with E-state index in [9.17, 15) is 0 Å². The Morgan fingerprint density at radius 3 is 2.78 bits per heavy atom. The van der Waals surface area contributed by atoms with Gasteiger partial charge in [-0.2, -0.15) is 5.26 Å². The standard InChI is InChI=1S/C14H15N3O/c1-2-17-11-16-9-13(17)10-18-14-5-3-12(4-6-14)7-8-15/h3-6,9,11H,2,7,10H2,1H3. The van der Waals surface area contributed by atoms with Gasteiger partial charge in [-0.05, 0) is 24.6 Å². The molecule has 0 aliphatic heterocycles. The number of rotatable bonds is 5. The number of nitrogens with zero attached hydrogens (tertiary/aromatic N) is 3. The van der Waals surface area contributed by atoms with Gasteiger partial charge >= 0.3 is 0 Å². The topological polar surface area (TPSA) is 50.8 Å². The fourth-order valence-corrected chi connectivity index (χ4v) is 1.71. The van der Waals surface area contributed by atoms with Gasteiger partial charge in [0.15, 0.2) is 0 Å². The van der Waals surface area contributed by atoms with Crippen molar-refractivity contribution in [2.75, 3.05) is 0 Å². The summed E-state index contributed by atoms with van der Waals surface area (Å²) in [5.41, 5.74) is 2.06. The Morgan fingerprint density at radius 1 is 1.33 bits per heavy atom. The van der Waals surface area contributed by atoms with Crippen LogP contribution in [0.25, 0.3) is 0 Å². The molecular weight excluding hydrogens is 226 g/mol. The number of nitriles is 1. The summed E-state index contributed by atoms with van der Waals surface area (Å²) in [5, 5.41) is 8.58. The number of aromatic nitrogens is 2. The van der Waals surface area contributed by atoms with Gasteiger partial charge in [-0.3, -0.25) is 0 Å². The Kier molecular flexibility index (Phi) is 3.98. The molecule has 1 aromatic carbocycles. The fraction of sp³-hybridized carbons (Fsp3) is 0.286.